The molecule has 4 heteroatoms. The van der Waals surface area contributed by atoms with Crippen LogP contribution in [0.5, 0.6) is 0 Å². The van der Waals surface area contributed by atoms with E-state index in [1.165, 1.54) is 62.1 Å². The van der Waals surface area contributed by atoms with Crippen molar-refractivity contribution >= 4 is 70.0 Å². The van der Waals surface area contributed by atoms with Crippen LogP contribution < -0.4 is 10.4 Å². The highest BCUT2D eigenvalue weighted by Gasteiger charge is 2.48. The molecule has 2 heterocycles. The Balaban J connectivity index is 0.985. The van der Waals surface area contributed by atoms with Crippen LogP contribution in [0.25, 0.3) is 22.9 Å². The first kappa shape index (κ1) is 25.6. The summed E-state index contributed by atoms with van der Waals surface area (Å²) in [4.78, 5) is 5.75. The van der Waals surface area contributed by atoms with E-state index in [2.05, 4.69) is 101 Å². The zero-order chi connectivity index (χ0) is 28.1. The summed E-state index contributed by atoms with van der Waals surface area (Å²) in [6.07, 6.45) is 17.9. The quantitative estimate of drug-likeness (QED) is 0.230. The fraction of sp³-hybridized carbons (Fsp3) is 0.368. The Hall–Kier alpha value is -1.72. The van der Waals surface area contributed by atoms with Gasteiger partial charge < -0.3 is 0 Å². The largest absolute Gasteiger partial charge is 0.0845 e. The van der Waals surface area contributed by atoms with E-state index >= 15 is 0 Å². The summed E-state index contributed by atoms with van der Waals surface area (Å²) in [6.45, 7) is 9.86. The van der Waals surface area contributed by atoms with Crippen LogP contribution in [0.3, 0.4) is 0 Å². The third-order valence-electron chi connectivity index (χ3n) is 11.4. The van der Waals surface area contributed by atoms with E-state index in [0.29, 0.717) is 46.3 Å². The monoisotopic (exact) mass is 618 g/mol. The fourth-order valence-electron chi connectivity index (χ4n) is 9.38. The number of benzene rings is 3. The van der Waals surface area contributed by atoms with E-state index in [1.54, 1.807) is 11.1 Å². The molecule has 9 aliphatic rings. The van der Waals surface area contributed by atoms with Crippen molar-refractivity contribution in [2.45, 2.75) is 72.0 Å². The van der Waals surface area contributed by atoms with Crippen LogP contribution in [0.4, 0.5) is 0 Å². The standard InChI is InChI=1S/C38H34S4/c1-37(2)17-19-5-7-29(37)27-11-23-15-33-31(13-21(23)9-25(19)27)39-35(41-33)36-40-32-14-22-10-26-20-6-8-30(38(3,4)18-20)28(26)12-24(22)16-34(32)42-36/h5-16,19-20,25,27,29-30H,17-18H2,1-4H3/b36-35+. The molecule has 0 aromatic heterocycles. The predicted molar refractivity (Wildman–Crippen MR) is 184 cm³/mol. The van der Waals surface area contributed by atoms with Gasteiger partial charge in [-0.15, -0.1) is 0 Å². The molecule has 1 saturated carbocycles. The Morgan fingerprint density at radius 1 is 0.571 bits per heavy atom. The molecule has 0 saturated heterocycles. The summed E-state index contributed by atoms with van der Waals surface area (Å²) in [5.74, 6) is 3.79. The number of thioether (sulfide) groups is 4. The van der Waals surface area contributed by atoms with Crippen LogP contribution in [0, 0.1) is 34.5 Å². The lowest BCUT2D eigenvalue weighted by Crippen LogP contribution is -2.48. The van der Waals surface area contributed by atoms with Crippen molar-refractivity contribution in [3.63, 3.8) is 0 Å². The second-order valence-corrected chi connectivity index (χ2v) is 19.7. The van der Waals surface area contributed by atoms with Crippen molar-refractivity contribution in [2.75, 3.05) is 0 Å². The maximum absolute atomic E-state index is 2.64. The first-order valence-electron chi connectivity index (χ1n) is 15.5. The average Bonchev–Trinajstić information content (AvgIpc) is 3.55. The highest BCUT2D eigenvalue weighted by atomic mass is 32.2. The van der Waals surface area contributed by atoms with Gasteiger partial charge in [0.1, 0.15) is 0 Å². The third-order valence-corrected chi connectivity index (χ3v) is 17.0. The molecule has 7 aliphatic carbocycles. The highest BCUT2D eigenvalue weighted by molar-refractivity contribution is 8.30. The van der Waals surface area contributed by atoms with Gasteiger partial charge >= 0.3 is 0 Å². The average molecular weight is 619 g/mol. The molecule has 4 bridgehead atoms. The van der Waals surface area contributed by atoms with Crippen LogP contribution in [0.1, 0.15) is 63.5 Å². The molecule has 2 aliphatic heterocycles. The highest BCUT2D eigenvalue weighted by Crippen LogP contribution is 2.62. The smallest absolute Gasteiger partial charge is 0.0706 e. The van der Waals surface area contributed by atoms with Gasteiger partial charge in [0.05, 0.1) is 8.47 Å². The summed E-state index contributed by atoms with van der Waals surface area (Å²) in [7, 11) is 0. The summed E-state index contributed by atoms with van der Waals surface area (Å²) in [5.41, 5.74) is 3.91. The summed E-state index contributed by atoms with van der Waals surface area (Å²) < 4.78 is 2.92. The fourth-order valence-corrected chi connectivity index (χ4v) is 14.8. The van der Waals surface area contributed by atoms with Crippen molar-refractivity contribution in [1.82, 2.24) is 0 Å². The van der Waals surface area contributed by atoms with Crippen molar-refractivity contribution in [3.8, 4) is 0 Å². The Morgan fingerprint density at radius 3 is 1.79 bits per heavy atom. The lowest BCUT2D eigenvalue weighted by molar-refractivity contribution is 0.0698. The molecule has 0 amide bonds. The number of hydrogen-bond acceptors (Lipinski definition) is 4. The Kier molecular flexibility index (Phi) is 5.18. The molecule has 0 radical (unpaired) electrons. The first-order chi connectivity index (χ1) is 20.2. The molecule has 3 aromatic rings. The van der Waals surface area contributed by atoms with E-state index < -0.39 is 0 Å². The van der Waals surface area contributed by atoms with Crippen LogP contribution in [-0.2, 0) is 0 Å². The Morgan fingerprint density at radius 2 is 1.17 bits per heavy atom. The molecule has 0 N–H and O–H groups in total. The van der Waals surface area contributed by atoms with Gasteiger partial charge in [-0.25, -0.2) is 0 Å². The minimum absolute atomic E-state index is 0.352. The summed E-state index contributed by atoms with van der Waals surface area (Å²) in [5, 5.41) is 5.74. The zero-order valence-electron chi connectivity index (χ0n) is 24.4. The first-order valence-corrected chi connectivity index (χ1v) is 18.8. The zero-order valence-corrected chi connectivity index (χ0v) is 27.7. The number of rotatable bonds is 0. The second-order valence-electron chi connectivity index (χ2n) is 15.0. The molecule has 0 spiro atoms. The van der Waals surface area contributed by atoms with E-state index in [9.17, 15) is 0 Å². The minimum Gasteiger partial charge on any atom is -0.0845 e. The van der Waals surface area contributed by atoms with Gasteiger partial charge in [-0.05, 0) is 104 Å². The molecule has 0 nitrogen and oxygen atoms in total. The van der Waals surface area contributed by atoms with Gasteiger partial charge in [-0.3, -0.25) is 0 Å². The molecular formula is C38H34S4. The molecule has 210 valence electrons. The van der Waals surface area contributed by atoms with E-state index in [4.69, 9.17) is 0 Å². The molecular weight excluding hydrogens is 585 g/mol. The maximum atomic E-state index is 2.64. The van der Waals surface area contributed by atoms with Crippen LogP contribution >= 0.6 is 47.0 Å². The third kappa shape index (κ3) is 3.56. The lowest BCUT2D eigenvalue weighted by atomic mass is 9.52. The van der Waals surface area contributed by atoms with E-state index in [1.807, 2.05) is 47.0 Å². The van der Waals surface area contributed by atoms with E-state index in [-0.39, 0.29) is 0 Å². The van der Waals surface area contributed by atoms with Gasteiger partial charge in [0.15, 0.2) is 0 Å². The SMILES string of the molecule is CC1(C)CC2C=CC1c1cc3cc4c(cc3cc12)S/C(=C1/Sc2cc3c(cc2S1)=CC1C(C=3)C2C=CC1C(C)(C)C2)S4. The summed E-state index contributed by atoms with van der Waals surface area (Å²) in [6, 6.07) is 15.0. The minimum atomic E-state index is 0.352. The topological polar surface area (TPSA) is 0 Å². The molecule has 6 atom stereocenters. The maximum Gasteiger partial charge on any atom is 0.0706 e. The van der Waals surface area contributed by atoms with E-state index in [0.717, 1.165) is 0 Å². The van der Waals surface area contributed by atoms with Gasteiger partial charge in [0.25, 0.3) is 0 Å². The van der Waals surface area contributed by atoms with Crippen molar-refractivity contribution in [1.29, 1.82) is 0 Å². The van der Waals surface area contributed by atoms with Crippen molar-refractivity contribution in [2.24, 2.45) is 34.5 Å². The lowest BCUT2D eigenvalue weighted by Gasteiger charge is -2.53. The van der Waals surface area contributed by atoms with Crippen LogP contribution in [0.2, 0.25) is 0 Å². The number of hydrogen-bond donors (Lipinski definition) is 0. The molecule has 1 fully saturated rings. The Labute approximate surface area is 265 Å². The van der Waals surface area contributed by atoms with Gasteiger partial charge in [0.2, 0.25) is 0 Å². The molecule has 6 unspecified atom stereocenters. The van der Waals surface area contributed by atoms with Crippen LogP contribution in [-0.4, -0.2) is 0 Å². The number of fused-ring (bicyclic) bond motifs is 6. The van der Waals surface area contributed by atoms with Crippen molar-refractivity contribution in [3.05, 3.63) is 90.7 Å². The Bertz CT molecular complexity index is 1990. The van der Waals surface area contributed by atoms with Gasteiger partial charge in [-0.1, -0.05) is 123 Å². The van der Waals surface area contributed by atoms with Crippen LogP contribution in [0.15, 0.2) is 88.8 Å². The number of allylic oxidation sites excluding steroid dienone is 4. The second kappa shape index (κ2) is 8.50. The molecule has 12 rings (SSSR count). The molecule has 3 aromatic carbocycles. The van der Waals surface area contributed by atoms with Crippen molar-refractivity contribution < 1.29 is 0 Å². The summed E-state index contributed by atoms with van der Waals surface area (Å²) >= 11 is 7.98. The normalized spacial score (nSPS) is 34.9. The van der Waals surface area contributed by atoms with Gasteiger partial charge in [-0.2, -0.15) is 0 Å². The van der Waals surface area contributed by atoms with Gasteiger partial charge in [0, 0.05) is 31.4 Å². The molecule has 42 heavy (non-hydrogen) atoms. The predicted octanol–water partition coefficient (Wildman–Crippen LogP) is 10.3.